The molecular weight excluding hydrogens is 234 g/mol. The summed E-state index contributed by atoms with van der Waals surface area (Å²) in [7, 11) is 2.01. The van der Waals surface area contributed by atoms with E-state index in [1.807, 2.05) is 18.4 Å². The lowest BCUT2D eigenvalue weighted by Crippen LogP contribution is -2.32. The Morgan fingerprint density at radius 1 is 1.35 bits per heavy atom. The average molecular weight is 255 g/mol. The van der Waals surface area contributed by atoms with E-state index in [0.29, 0.717) is 6.04 Å². The Balaban J connectivity index is 1.85. The lowest BCUT2D eigenvalue weighted by molar-refractivity contribution is -0.0522. The number of hydrogen-bond acceptors (Lipinski definition) is 4. The van der Waals surface area contributed by atoms with Crippen molar-refractivity contribution in [2.75, 3.05) is 20.3 Å². The third-order valence-corrected chi connectivity index (χ3v) is 4.34. The molecule has 1 aliphatic heterocycles. The molecule has 1 atom stereocenters. The van der Waals surface area contributed by atoms with Crippen LogP contribution < -0.4 is 5.32 Å². The first-order chi connectivity index (χ1) is 8.31. The van der Waals surface area contributed by atoms with E-state index < -0.39 is 0 Å². The van der Waals surface area contributed by atoms with Crippen molar-refractivity contribution in [3.05, 3.63) is 21.9 Å². The fraction of sp³-hybridized carbons (Fsp3) is 0.692. The third-order valence-electron chi connectivity index (χ3n) is 3.09. The number of ether oxygens (including phenoxy) is 2. The molecule has 2 heterocycles. The van der Waals surface area contributed by atoms with Gasteiger partial charge in [-0.05, 0) is 32.0 Å². The molecule has 1 fully saturated rings. The van der Waals surface area contributed by atoms with Gasteiger partial charge in [0.2, 0.25) is 0 Å². The Morgan fingerprint density at radius 3 is 2.65 bits per heavy atom. The molecule has 1 aromatic heterocycles. The van der Waals surface area contributed by atoms with Crippen LogP contribution in [0, 0.1) is 0 Å². The molecule has 0 aliphatic carbocycles. The van der Waals surface area contributed by atoms with E-state index in [2.05, 4.69) is 24.4 Å². The van der Waals surface area contributed by atoms with Gasteiger partial charge in [-0.2, -0.15) is 0 Å². The maximum absolute atomic E-state index is 5.49. The van der Waals surface area contributed by atoms with Crippen LogP contribution in [0.4, 0.5) is 0 Å². The lowest BCUT2D eigenvalue weighted by Gasteiger charge is -2.18. The molecule has 1 N–H and O–H groups in total. The van der Waals surface area contributed by atoms with Crippen LogP contribution >= 0.6 is 11.3 Å². The predicted molar refractivity (Wildman–Crippen MR) is 70.6 cm³/mol. The van der Waals surface area contributed by atoms with Gasteiger partial charge in [-0.3, -0.25) is 0 Å². The molecule has 0 radical (unpaired) electrons. The Kier molecular flexibility index (Phi) is 4.98. The van der Waals surface area contributed by atoms with Crippen LogP contribution in [-0.4, -0.2) is 32.6 Å². The summed E-state index contributed by atoms with van der Waals surface area (Å²) >= 11 is 1.91. The fourth-order valence-electron chi connectivity index (χ4n) is 2.04. The maximum atomic E-state index is 5.49. The van der Waals surface area contributed by atoms with Gasteiger partial charge >= 0.3 is 0 Å². The second-order valence-corrected chi connectivity index (χ2v) is 5.57. The Morgan fingerprint density at radius 2 is 2.06 bits per heavy atom. The van der Waals surface area contributed by atoms with E-state index in [-0.39, 0.29) is 6.29 Å². The molecule has 0 saturated carbocycles. The number of likely N-dealkylation sites (N-methyl/N-ethyl adjacent to an activating group) is 1. The molecule has 17 heavy (non-hydrogen) atoms. The van der Waals surface area contributed by atoms with Crippen molar-refractivity contribution in [1.29, 1.82) is 0 Å². The van der Waals surface area contributed by atoms with Gasteiger partial charge in [0.1, 0.15) is 0 Å². The summed E-state index contributed by atoms with van der Waals surface area (Å²) in [5.74, 6) is 0. The first kappa shape index (κ1) is 13.0. The van der Waals surface area contributed by atoms with E-state index in [1.165, 1.54) is 9.75 Å². The van der Waals surface area contributed by atoms with Crippen molar-refractivity contribution >= 4 is 11.3 Å². The van der Waals surface area contributed by atoms with Crippen LogP contribution in [0.1, 0.15) is 23.1 Å². The molecule has 1 aromatic rings. The summed E-state index contributed by atoms with van der Waals surface area (Å²) in [4.78, 5) is 2.91. The summed E-state index contributed by atoms with van der Waals surface area (Å²) in [6.45, 7) is 3.67. The van der Waals surface area contributed by atoms with Crippen molar-refractivity contribution < 1.29 is 9.47 Å². The van der Waals surface area contributed by atoms with Crippen molar-refractivity contribution in [3.8, 4) is 0 Å². The van der Waals surface area contributed by atoms with Gasteiger partial charge in [0.15, 0.2) is 6.29 Å². The molecule has 1 unspecified atom stereocenters. The van der Waals surface area contributed by atoms with Gasteiger partial charge in [0.05, 0.1) is 13.2 Å². The number of aryl methyl sites for hydroxylation is 1. The van der Waals surface area contributed by atoms with E-state index >= 15 is 0 Å². The standard InChI is InChI=1S/C13H21NO2S/c1-3-11-4-5-12(17-11)8-10(14-2)9-13-15-6-7-16-13/h4-5,10,13-14H,3,6-9H2,1-2H3. The van der Waals surface area contributed by atoms with Gasteiger partial charge in [-0.15, -0.1) is 11.3 Å². The van der Waals surface area contributed by atoms with Crippen LogP contribution in [0.2, 0.25) is 0 Å². The van der Waals surface area contributed by atoms with E-state index in [4.69, 9.17) is 9.47 Å². The number of rotatable bonds is 6. The smallest absolute Gasteiger partial charge is 0.159 e. The molecule has 0 bridgehead atoms. The van der Waals surface area contributed by atoms with Crippen LogP contribution in [-0.2, 0) is 22.3 Å². The highest BCUT2D eigenvalue weighted by atomic mass is 32.1. The summed E-state index contributed by atoms with van der Waals surface area (Å²) < 4.78 is 11.0. The van der Waals surface area contributed by atoms with Crippen molar-refractivity contribution in [1.82, 2.24) is 5.32 Å². The van der Waals surface area contributed by atoms with Gasteiger partial charge in [0.25, 0.3) is 0 Å². The lowest BCUT2D eigenvalue weighted by atomic mass is 10.1. The largest absolute Gasteiger partial charge is 0.350 e. The molecule has 1 saturated heterocycles. The highest BCUT2D eigenvalue weighted by Crippen LogP contribution is 2.20. The molecule has 0 amide bonds. The normalized spacial score (nSPS) is 18.7. The molecule has 4 heteroatoms. The minimum Gasteiger partial charge on any atom is -0.350 e. The van der Waals surface area contributed by atoms with Gasteiger partial charge in [0, 0.05) is 22.2 Å². The Bertz CT molecular complexity index is 334. The van der Waals surface area contributed by atoms with Crippen LogP contribution in [0.25, 0.3) is 0 Å². The Labute approximate surface area is 107 Å². The topological polar surface area (TPSA) is 30.5 Å². The van der Waals surface area contributed by atoms with Crippen LogP contribution in [0.5, 0.6) is 0 Å². The molecule has 0 aromatic carbocycles. The summed E-state index contributed by atoms with van der Waals surface area (Å²) in [5, 5.41) is 3.35. The van der Waals surface area contributed by atoms with Crippen molar-refractivity contribution in [3.63, 3.8) is 0 Å². The molecule has 1 aliphatic rings. The molecule has 0 spiro atoms. The molecule has 2 rings (SSSR count). The fourth-order valence-corrected chi connectivity index (χ4v) is 3.08. The monoisotopic (exact) mass is 255 g/mol. The second kappa shape index (κ2) is 6.50. The minimum atomic E-state index is -0.0157. The summed E-state index contributed by atoms with van der Waals surface area (Å²) in [6, 6.07) is 4.90. The average Bonchev–Trinajstić information content (AvgIpc) is 2.99. The SMILES string of the molecule is CCc1ccc(CC(CC2OCCO2)NC)s1. The first-order valence-corrected chi connectivity index (χ1v) is 7.11. The van der Waals surface area contributed by atoms with E-state index in [0.717, 1.165) is 32.5 Å². The van der Waals surface area contributed by atoms with Crippen molar-refractivity contribution in [2.45, 2.75) is 38.5 Å². The maximum Gasteiger partial charge on any atom is 0.159 e. The molecule has 96 valence electrons. The minimum absolute atomic E-state index is 0.0157. The van der Waals surface area contributed by atoms with Crippen LogP contribution in [0.15, 0.2) is 12.1 Å². The van der Waals surface area contributed by atoms with Gasteiger partial charge in [-0.1, -0.05) is 6.92 Å². The van der Waals surface area contributed by atoms with Gasteiger partial charge in [-0.25, -0.2) is 0 Å². The Hall–Kier alpha value is -0.420. The van der Waals surface area contributed by atoms with Gasteiger partial charge < -0.3 is 14.8 Å². The molecule has 3 nitrogen and oxygen atoms in total. The second-order valence-electron chi connectivity index (χ2n) is 4.32. The summed E-state index contributed by atoms with van der Waals surface area (Å²) in [5.41, 5.74) is 0. The van der Waals surface area contributed by atoms with E-state index in [9.17, 15) is 0 Å². The third kappa shape index (κ3) is 3.78. The number of nitrogens with one attached hydrogen (secondary N) is 1. The highest BCUT2D eigenvalue weighted by Gasteiger charge is 2.21. The number of thiophene rings is 1. The zero-order chi connectivity index (χ0) is 12.1. The predicted octanol–water partition coefficient (Wildman–Crippen LogP) is 2.20. The summed E-state index contributed by atoms with van der Waals surface area (Å²) in [6.07, 6.45) is 3.10. The van der Waals surface area contributed by atoms with Crippen LogP contribution in [0.3, 0.4) is 0 Å². The van der Waals surface area contributed by atoms with E-state index in [1.54, 1.807) is 0 Å². The first-order valence-electron chi connectivity index (χ1n) is 6.30. The quantitative estimate of drug-likeness (QED) is 0.845. The highest BCUT2D eigenvalue weighted by molar-refractivity contribution is 7.11. The van der Waals surface area contributed by atoms with Crippen molar-refractivity contribution in [2.24, 2.45) is 0 Å². The molecular formula is C13H21NO2S. The zero-order valence-electron chi connectivity index (χ0n) is 10.6. The number of hydrogen-bond donors (Lipinski definition) is 1. The zero-order valence-corrected chi connectivity index (χ0v) is 11.4.